The summed E-state index contributed by atoms with van der Waals surface area (Å²) in [6.45, 7) is 0. The third kappa shape index (κ3) is 2.07. The summed E-state index contributed by atoms with van der Waals surface area (Å²) in [6, 6.07) is 17.5. The van der Waals surface area contributed by atoms with Crippen LogP contribution in [0.25, 0.3) is 50.4 Å². The van der Waals surface area contributed by atoms with Gasteiger partial charge in [-0.1, -0.05) is 30.3 Å². The lowest BCUT2D eigenvalue weighted by Gasteiger charge is -2.04. The van der Waals surface area contributed by atoms with Crippen LogP contribution >= 0.6 is 0 Å². The first kappa shape index (κ1) is 15.0. The van der Waals surface area contributed by atoms with Gasteiger partial charge < -0.3 is 14.6 Å². The first-order valence-corrected chi connectivity index (χ1v) is 8.75. The molecule has 6 rings (SSSR count). The molecule has 0 atom stereocenters. The normalized spacial score (nSPS) is 11.7. The molecule has 0 saturated heterocycles. The second-order valence-electron chi connectivity index (χ2n) is 6.47. The van der Waals surface area contributed by atoms with Crippen molar-refractivity contribution in [2.24, 2.45) is 0 Å². The molecule has 134 valence electrons. The van der Waals surface area contributed by atoms with Gasteiger partial charge in [0.2, 0.25) is 5.82 Å². The van der Waals surface area contributed by atoms with E-state index in [2.05, 4.69) is 15.1 Å². The Bertz CT molecular complexity index is 1480. The molecule has 0 spiro atoms. The van der Waals surface area contributed by atoms with Crippen molar-refractivity contribution in [3.63, 3.8) is 0 Å². The van der Waals surface area contributed by atoms with Crippen LogP contribution in [0.2, 0.25) is 0 Å². The number of nitrogens with zero attached hydrogens (tertiary/aromatic N) is 4. The Morgan fingerprint density at radius 2 is 1.79 bits per heavy atom. The van der Waals surface area contributed by atoms with Gasteiger partial charge in [0.25, 0.3) is 0 Å². The van der Waals surface area contributed by atoms with Crippen LogP contribution in [0.4, 0.5) is 5.82 Å². The molecule has 0 saturated carbocycles. The molecule has 7 nitrogen and oxygen atoms in total. The van der Waals surface area contributed by atoms with Crippen molar-refractivity contribution in [2.75, 3.05) is 5.73 Å². The standard InChI is InChI=1S/C21H13N5O2/c22-19-21-24-20(17-9-4-10-27-17)25-26(21)11-15(23-19)14-7-3-6-13-12-5-1-2-8-16(12)28-18(13)14/h1-11H,(H2,22,23). The smallest absolute Gasteiger partial charge is 0.218 e. The van der Waals surface area contributed by atoms with E-state index in [9.17, 15) is 0 Å². The highest BCUT2D eigenvalue weighted by atomic mass is 16.3. The molecule has 0 unspecified atom stereocenters. The minimum atomic E-state index is 0.288. The number of furan rings is 2. The summed E-state index contributed by atoms with van der Waals surface area (Å²) in [7, 11) is 0. The van der Waals surface area contributed by atoms with Gasteiger partial charge in [0, 0.05) is 16.3 Å². The predicted octanol–water partition coefficient (Wildman–Crippen LogP) is 4.53. The summed E-state index contributed by atoms with van der Waals surface area (Å²) in [5.41, 5.74) is 9.76. The lowest BCUT2D eigenvalue weighted by Crippen LogP contribution is -2.00. The molecule has 0 radical (unpaired) electrons. The van der Waals surface area contributed by atoms with Gasteiger partial charge in [-0.3, -0.25) is 0 Å². The molecular formula is C21H13N5O2. The molecule has 6 aromatic rings. The molecule has 4 aromatic heterocycles. The van der Waals surface area contributed by atoms with Crippen LogP contribution in [0.1, 0.15) is 0 Å². The fourth-order valence-electron chi connectivity index (χ4n) is 3.50. The maximum atomic E-state index is 6.18. The monoisotopic (exact) mass is 367 g/mol. The van der Waals surface area contributed by atoms with Crippen molar-refractivity contribution in [3.8, 4) is 22.8 Å². The molecule has 2 aromatic carbocycles. The molecular weight excluding hydrogens is 354 g/mol. The maximum Gasteiger partial charge on any atom is 0.218 e. The van der Waals surface area contributed by atoms with Crippen LogP contribution in [0.3, 0.4) is 0 Å². The van der Waals surface area contributed by atoms with Gasteiger partial charge >= 0.3 is 0 Å². The fourth-order valence-corrected chi connectivity index (χ4v) is 3.50. The molecule has 0 bridgehead atoms. The number of nitrogens with two attached hydrogens (primary N) is 1. The highest BCUT2D eigenvalue weighted by Crippen LogP contribution is 2.35. The summed E-state index contributed by atoms with van der Waals surface area (Å²) in [5.74, 6) is 1.32. The van der Waals surface area contributed by atoms with Gasteiger partial charge in [-0.15, -0.1) is 5.10 Å². The largest absolute Gasteiger partial charge is 0.461 e. The minimum Gasteiger partial charge on any atom is -0.461 e. The van der Waals surface area contributed by atoms with Crippen molar-refractivity contribution in [2.45, 2.75) is 0 Å². The van der Waals surface area contributed by atoms with E-state index in [0.29, 0.717) is 22.9 Å². The maximum absolute atomic E-state index is 6.18. The van der Waals surface area contributed by atoms with Gasteiger partial charge in [-0.2, -0.15) is 0 Å². The fraction of sp³-hybridized carbons (Fsp3) is 0. The zero-order chi connectivity index (χ0) is 18.7. The van der Waals surface area contributed by atoms with E-state index in [4.69, 9.17) is 14.6 Å². The highest BCUT2D eigenvalue weighted by Gasteiger charge is 2.17. The van der Waals surface area contributed by atoms with E-state index < -0.39 is 0 Å². The first-order valence-electron chi connectivity index (χ1n) is 8.75. The third-order valence-electron chi connectivity index (χ3n) is 4.77. The summed E-state index contributed by atoms with van der Waals surface area (Å²) in [5, 5.41) is 6.58. The van der Waals surface area contributed by atoms with Gasteiger partial charge in [0.1, 0.15) is 11.2 Å². The zero-order valence-electron chi connectivity index (χ0n) is 14.5. The SMILES string of the molecule is Nc1nc(-c2cccc3c2oc2ccccc23)cn2nc(-c3ccco3)nc12. The number of fused-ring (bicyclic) bond motifs is 4. The van der Waals surface area contributed by atoms with Crippen LogP contribution in [-0.2, 0) is 0 Å². The second-order valence-corrected chi connectivity index (χ2v) is 6.47. The lowest BCUT2D eigenvalue weighted by molar-refractivity contribution is 0.577. The van der Waals surface area contributed by atoms with Crippen LogP contribution in [0, 0.1) is 0 Å². The average Bonchev–Trinajstić information content (AvgIpc) is 3.44. The Labute approximate surface area is 158 Å². The number of hydrogen-bond acceptors (Lipinski definition) is 6. The number of anilines is 1. The number of rotatable bonds is 2. The van der Waals surface area contributed by atoms with Crippen molar-refractivity contribution in [1.29, 1.82) is 0 Å². The molecule has 28 heavy (non-hydrogen) atoms. The van der Waals surface area contributed by atoms with Crippen LogP contribution < -0.4 is 5.73 Å². The van der Waals surface area contributed by atoms with Crippen LogP contribution in [-0.4, -0.2) is 19.6 Å². The quantitative estimate of drug-likeness (QED) is 0.483. The van der Waals surface area contributed by atoms with Crippen molar-refractivity contribution >= 4 is 33.4 Å². The van der Waals surface area contributed by atoms with E-state index in [1.807, 2.05) is 42.5 Å². The first-order chi connectivity index (χ1) is 13.8. The molecule has 0 aliphatic carbocycles. The number of para-hydroxylation sites is 2. The van der Waals surface area contributed by atoms with E-state index in [1.165, 1.54) is 0 Å². The number of nitrogen functional groups attached to an aromatic ring is 1. The molecule has 0 aliphatic heterocycles. The Kier molecular flexibility index (Phi) is 2.91. The molecule has 0 aliphatic rings. The minimum absolute atomic E-state index is 0.288. The Hall–Kier alpha value is -4.13. The van der Waals surface area contributed by atoms with Gasteiger partial charge in [0.05, 0.1) is 18.2 Å². The molecule has 0 amide bonds. The van der Waals surface area contributed by atoms with Gasteiger partial charge in [-0.25, -0.2) is 14.5 Å². The van der Waals surface area contributed by atoms with E-state index >= 15 is 0 Å². The lowest BCUT2D eigenvalue weighted by atomic mass is 10.1. The number of aromatic nitrogens is 4. The second kappa shape index (κ2) is 5.43. The van der Waals surface area contributed by atoms with Gasteiger partial charge in [0.15, 0.2) is 17.2 Å². The highest BCUT2D eigenvalue weighted by molar-refractivity contribution is 6.09. The summed E-state index contributed by atoms with van der Waals surface area (Å²) in [4.78, 5) is 8.98. The zero-order valence-corrected chi connectivity index (χ0v) is 14.5. The van der Waals surface area contributed by atoms with Gasteiger partial charge in [-0.05, 0) is 24.3 Å². The van der Waals surface area contributed by atoms with Crippen LogP contribution in [0.5, 0.6) is 0 Å². The Morgan fingerprint density at radius 1 is 0.893 bits per heavy atom. The Balaban J connectivity index is 1.60. The number of hydrogen-bond donors (Lipinski definition) is 1. The van der Waals surface area contributed by atoms with E-state index in [0.717, 1.165) is 27.5 Å². The summed E-state index contributed by atoms with van der Waals surface area (Å²) >= 11 is 0. The van der Waals surface area contributed by atoms with Crippen molar-refractivity contribution in [1.82, 2.24) is 19.6 Å². The van der Waals surface area contributed by atoms with Crippen LogP contribution in [0.15, 0.2) is 75.9 Å². The molecule has 2 N–H and O–H groups in total. The predicted molar refractivity (Wildman–Crippen MR) is 106 cm³/mol. The molecule has 7 heteroatoms. The van der Waals surface area contributed by atoms with E-state index in [1.54, 1.807) is 29.1 Å². The average molecular weight is 367 g/mol. The van der Waals surface area contributed by atoms with Crippen molar-refractivity contribution in [3.05, 3.63) is 67.1 Å². The third-order valence-corrected chi connectivity index (χ3v) is 4.77. The van der Waals surface area contributed by atoms with E-state index in [-0.39, 0.29) is 5.82 Å². The number of benzene rings is 2. The Morgan fingerprint density at radius 3 is 2.68 bits per heavy atom. The summed E-state index contributed by atoms with van der Waals surface area (Å²) < 4.78 is 13.1. The summed E-state index contributed by atoms with van der Waals surface area (Å²) in [6.07, 6.45) is 3.38. The molecule has 4 heterocycles. The van der Waals surface area contributed by atoms with Crippen molar-refractivity contribution < 1.29 is 8.83 Å². The topological polar surface area (TPSA) is 95.4 Å². The molecule has 0 fully saturated rings.